The summed E-state index contributed by atoms with van der Waals surface area (Å²) in [6.07, 6.45) is 9.19. The van der Waals surface area contributed by atoms with E-state index in [1.807, 2.05) is 0 Å². The number of carbonyl (C=O) groups is 1. The lowest BCUT2D eigenvalue weighted by molar-refractivity contribution is -0.116. The molecule has 1 aromatic rings. The molecular weight excluding hydrogens is 338 g/mol. The zero-order valence-electron chi connectivity index (χ0n) is 14.7. The van der Waals surface area contributed by atoms with Crippen LogP contribution in [0.5, 0.6) is 0 Å². The number of likely N-dealkylation sites (tertiary alicyclic amines) is 1. The number of nitrogens with one attached hydrogen (secondary N) is 2. The van der Waals surface area contributed by atoms with Gasteiger partial charge < -0.3 is 10.2 Å². The molecule has 7 heteroatoms. The Morgan fingerprint density at radius 3 is 2.48 bits per heavy atom. The first-order valence-electron chi connectivity index (χ1n) is 8.68. The quantitative estimate of drug-likeness (QED) is 0.546. The summed E-state index contributed by atoms with van der Waals surface area (Å²) in [5.74, 6) is -0.114. The van der Waals surface area contributed by atoms with Crippen molar-refractivity contribution in [3.05, 3.63) is 35.9 Å². The first-order valence-corrected chi connectivity index (χ1v) is 10.6. The molecule has 2 rings (SSSR count). The van der Waals surface area contributed by atoms with Gasteiger partial charge in [-0.1, -0.05) is 18.6 Å². The predicted molar refractivity (Wildman–Crippen MR) is 102 cm³/mol. The number of nitrogens with zero attached hydrogens (tertiary/aromatic N) is 1. The maximum atomic E-state index is 11.8. The molecule has 0 saturated carbocycles. The zero-order chi connectivity index (χ0) is 18.1. The Bertz CT molecular complexity index is 678. The topological polar surface area (TPSA) is 78.5 Å². The first kappa shape index (κ1) is 19.5. The summed E-state index contributed by atoms with van der Waals surface area (Å²) < 4.78 is 24.7. The fourth-order valence-electron chi connectivity index (χ4n) is 2.80. The lowest BCUT2D eigenvalue weighted by Gasteiger charge is -2.26. The van der Waals surface area contributed by atoms with Crippen molar-refractivity contribution < 1.29 is 13.2 Å². The summed E-state index contributed by atoms with van der Waals surface area (Å²) >= 11 is 0. The number of carbonyl (C=O) groups excluding carboxylic acids is 1. The highest BCUT2D eigenvalue weighted by molar-refractivity contribution is 7.92. The molecule has 6 nitrogen and oxygen atoms in total. The van der Waals surface area contributed by atoms with Crippen molar-refractivity contribution in [2.75, 3.05) is 37.2 Å². The third kappa shape index (κ3) is 8.18. The molecule has 0 radical (unpaired) electrons. The summed E-state index contributed by atoms with van der Waals surface area (Å²) in [6, 6.07) is 6.84. The van der Waals surface area contributed by atoms with E-state index in [0.717, 1.165) is 24.8 Å². The third-order valence-corrected chi connectivity index (χ3v) is 4.65. The van der Waals surface area contributed by atoms with Gasteiger partial charge in [-0.15, -0.1) is 0 Å². The van der Waals surface area contributed by atoms with Crippen LogP contribution in [0.2, 0.25) is 0 Å². The van der Waals surface area contributed by atoms with Crippen molar-refractivity contribution in [3.8, 4) is 0 Å². The minimum Gasteiger partial charge on any atom is -0.353 e. The van der Waals surface area contributed by atoms with Crippen molar-refractivity contribution in [1.82, 2.24) is 10.2 Å². The Labute approximate surface area is 150 Å². The van der Waals surface area contributed by atoms with Crippen LogP contribution in [0.25, 0.3) is 6.08 Å². The molecule has 138 valence electrons. The van der Waals surface area contributed by atoms with Gasteiger partial charge in [-0.2, -0.15) is 0 Å². The summed E-state index contributed by atoms with van der Waals surface area (Å²) in [5, 5.41) is 2.89. The van der Waals surface area contributed by atoms with Gasteiger partial charge in [-0.25, -0.2) is 8.42 Å². The van der Waals surface area contributed by atoms with Crippen LogP contribution in [-0.2, 0) is 14.8 Å². The van der Waals surface area contributed by atoms with E-state index in [0.29, 0.717) is 12.2 Å². The van der Waals surface area contributed by atoms with Crippen LogP contribution < -0.4 is 10.0 Å². The molecule has 0 unspecified atom stereocenters. The smallest absolute Gasteiger partial charge is 0.243 e. The van der Waals surface area contributed by atoms with Crippen molar-refractivity contribution in [2.45, 2.75) is 25.7 Å². The molecule has 1 aliphatic heterocycles. The van der Waals surface area contributed by atoms with Crippen LogP contribution in [0.3, 0.4) is 0 Å². The minimum atomic E-state index is -3.27. The molecule has 0 bridgehead atoms. The molecule has 1 aliphatic rings. The second kappa shape index (κ2) is 9.58. The van der Waals surface area contributed by atoms with Gasteiger partial charge in [0.05, 0.1) is 6.26 Å². The highest BCUT2D eigenvalue weighted by Gasteiger charge is 2.08. The number of benzene rings is 1. The molecule has 1 fully saturated rings. The average Bonchev–Trinajstić information content (AvgIpc) is 2.58. The monoisotopic (exact) mass is 365 g/mol. The average molecular weight is 365 g/mol. The SMILES string of the molecule is CS(=O)(=O)Nc1ccc(/C=C/C(=O)NCCCN2CCCCC2)cc1. The number of piperidine rings is 1. The zero-order valence-corrected chi connectivity index (χ0v) is 15.5. The van der Waals surface area contributed by atoms with E-state index in [-0.39, 0.29) is 5.91 Å². The highest BCUT2D eigenvalue weighted by Crippen LogP contribution is 2.12. The first-order chi connectivity index (χ1) is 11.9. The second-order valence-electron chi connectivity index (χ2n) is 6.38. The van der Waals surface area contributed by atoms with E-state index in [2.05, 4.69) is 14.9 Å². The predicted octanol–water partition coefficient (Wildman–Crippen LogP) is 2.06. The number of rotatable bonds is 8. The molecule has 1 saturated heterocycles. The Morgan fingerprint density at radius 1 is 1.16 bits per heavy atom. The number of anilines is 1. The number of sulfonamides is 1. The molecule has 25 heavy (non-hydrogen) atoms. The van der Waals surface area contributed by atoms with Crippen LogP contribution in [0, 0.1) is 0 Å². The molecule has 0 aliphatic carbocycles. The number of hydrogen-bond acceptors (Lipinski definition) is 4. The van der Waals surface area contributed by atoms with Gasteiger partial charge >= 0.3 is 0 Å². The minimum absolute atomic E-state index is 0.114. The van der Waals surface area contributed by atoms with E-state index < -0.39 is 10.0 Å². The van der Waals surface area contributed by atoms with Gasteiger partial charge in [0.2, 0.25) is 15.9 Å². The fraction of sp³-hybridized carbons (Fsp3) is 0.500. The Morgan fingerprint density at radius 2 is 1.84 bits per heavy atom. The molecule has 1 heterocycles. The second-order valence-corrected chi connectivity index (χ2v) is 8.12. The largest absolute Gasteiger partial charge is 0.353 e. The lowest BCUT2D eigenvalue weighted by atomic mass is 10.1. The van der Waals surface area contributed by atoms with Crippen molar-refractivity contribution in [2.24, 2.45) is 0 Å². The summed E-state index contributed by atoms with van der Waals surface area (Å²) in [7, 11) is -3.27. The van der Waals surface area contributed by atoms with E-state index in [1.54, 1.807) is 30.3 Å². The molecule has 0 spiro atoms. The van der Waals surface area contributed by atoms with Gasteiger partial charge in [0.15, 0.2) is 0 Å². The van der Waals surface area contributed by atoms with Crippen LogP contribution >= 0.6 is 0 Å². The Kier molecular flexibility index (Phi) is 7.46. The van der Waals surface area contributed by atoms with Gasteiger partial charge in [0, 0.05) is 18.3 Å². The van der Waals surface area contributed by atoms with E-state index in [1.165, 1.54) is 38.4 Å². The normalized spacial score (nSPS) is 16.0. The van der Waals surface area contributed by atoms with Gasteiger partial charge in [-0.05, 0) is 62.7 Å². The van der Waals surface area contributed by atoms with Crippen molar-refractivity contribution >= 4 is 27.7 Å². The van der Waals surface area contributed by atoms with E-state index in [4.69, 9.17) is 0 Å². The Balaban J connectivity index is 1.68. The summed E-state index contributed by atoms with van der Waals surface area (Å²) in [4.78, 5) is 14.3. The number of amides is 1. The van der Waals surface area contributed by atoms with Gasteiger partial charge in [0.25, 0.3) is 0 Å². The fourth-order valence-corrected chi connectivity index (χ4v) is 3.37. The molecule has 0 atom stereocenters. The lowest BCUT2D eigenvalue weighted by Crippen LogP contribution is -2.33. The molecule has 1 aromatic carbocycles. The molecule has 2 N–H and O–H groups in total. The Hall–Kier alpha value is -1.86. The maximum absolute atomic E-state index is 11.8. The molecule has 1 amide bonds. The number of hydrogen-bond donors (Lipinski definition) is 2. The van der Waals surface area contributed by atoms with Crippen molar-refractivity contribution in [3.63, 3.8) is 0 Å². The summed E-state index contributed by atoms with van der Waals surface area (Å²) in [6.45, 7) is 4.08. The van der Waals surface area contributed by atoms with E-state index >= 15 is 0 Å². The summed E-state index contributed by atoms with van der Waals surface area (Å²) in [5.41, 5.74) is 1.34. The van der Waals surface area contributed by atoms with Crippen LogP contribution in [0.4, 0.5) is 5.69 Å². The van der Waals surface area contributed by atoms with Gasteiger partial charge in [0.1, 0.15) is 0 Å². The molecular formula is C18H27N3O3S. The van der Waals surface area contributed by atoms with Crippen molar-refractivity contribution in [1.29, 1.82) is 0 Å². The third-order valence-electron chi connectivity index (χ3n) is 4.04. The maximum Gasteiger partial charge on any atom is 0.243 e. The van der Waals surface area contributed by atoms with E-state index in [9.17, 15) is 13.2 Å². The van der Waals surface area contributed by atoms with Crippen LogP contribution in [0.1, 0.15) is 31.2 Å². The van der Waals surface area contributed by atoms with Crippen LogP contribution in [0.15, 0.2) is 30.3 Å². The molecule has 0 aromatic heterocycles. The van der Waals surface area contributed by atoms with Gasteiger partial charge in [-0.3, -0.25) is 9.52 Å². The standard InChI is InChI=1S/C18H27N3O3S/c1-25(23,24)20-17-9-6-16(7-10-17)8-11-18(22)19-12-5-15-21-13-3-2-4-14-21/h6-11,20H,2-5,12-15H2,1H3,(H,19,22)/b11-8+. The highest BCUT2D eigenvalue weighted by atomic mass is 32.2. The van der Waals surface area contributed by atoms with Crippen LogP contribution in [-0.4, -0.2) is 51.7 Å².